The van der Waals surface area contributed by atoms with E-state index in [1.165, 1.54) is 0 Å². The molecule has 0 saturated heterocycles. The van der Waals surface area contributed by atoms with Crippen molar-refractivity contribution in [2.24, 2.45) is 5.92 Å². The summed E-state index contributed by atoms with van der Waals surface area (Å²) >= 11 is 3.44. The first-order valence-electron chi connectivity index (χ1n) is 6.38. The third-order valence-corrected chi connectivity index (χ3v) is 4.62. The summed E-state index contributed by atoms with van der Waals surface area (Å²) in [4.78, 5) is 4.09. The number of hydrogen-bond donors (Lipinski definition) is 2. The fourth-order valence-electron chi connectivity index (χ4n) is 2.71. The van der Waals surface area contributed by atoms with Gasteiger partial charge in [0, 0.05) is 6.20 Å². The van der Waals surface area contributed by atoms with Crippen LogP contribution in [0.1, 0.15) is 32.7 Å². The predicted molar refractivity (Wildman–Crippen MR) is 77.7 cm³/mol. The molecule has 5 nitrogen and oxygen atoms in total. The molecule has 2 aromatic rings. The summed E-state index contributed by atoms with van der Waals surface area (Å²) in [7, 11) is 0. The second kappa shape index (κ2) is 4.18. The van der Waals surface area contributed by atoms with Gasteiger partial charge in [0.2, 0.25) is 0 Å². The molecule has 0 spiro atoms. The van der Waals surface area contributed by atoms with Gasteiger partial charge in [-0.05, 0) is 54.6 Å². The average molecular weight is 325 g/mol. The molecule has 0 unspecified atom stereocenters. The van der Waals surface area contributed by atoms with Crippen LogP contribution >= 0.6 is 15.9 Å². The number of hydrogen-bond acceptors (Lipinski definition) is 4. The number of rotatable bonds is 2. The van der Waals surface area contributed by atoms with Gasteiger partial charge in [-0.25, -0.2) is 4.98 Å². The van der Waals surface area contributed by atoms with Gasteiger partial charge in [0.25, 0.3) is 0 Å². The minimum atomic E-state index is -0.614. The molecule has 102 valence electrons. The standard InChI is InChI=1S/C13H17BrN4O/c1-13(2,19)7-5-8(6-7)18-9-3-4-16-12(15)10(9)11(14)17-18/h3-4,7-8,19H,5-6H2,1-2H3,(H2,15,16). The number of halogens is 1. The normalized spacial score (nSPS) is 23.6. The molecule has 1 aliphatic carbocycles. The van der Waals surface area contributed by atoms with Crippen LogP contribution in [-0.2, 0) is 0 Å². The van der Waals surface area contributed by atoms with Gasteiger partial charge in [-0.3, -0.25) is 4.68 Å². The third kappa shape index (κ3) is 2.03. The first-order chi connectivity index (χ1) is 8.88. The van der Waals surface area contributed by atoms with Crippen molar-refractivity contribution in [2.75, 3.05) is 5.73 Å². The van der Waals surface area contributed by atoms with Gasteiger partial charge in [-0.2, -0.15) is 5.10 Å². The second-order valence-corrected chi connectivity index (χ2v) is 6.55. The minimum absolute atomic E-state index is 0.326. The van der Waals surface area contributed by atoms with Crippen molar-refractivity contribution < 1.29 is 5.11 Å². The van der Waals surface area contributed by atoms with Crippen molar-refractivity contribution in [3.8, 4) is 0 Å². The first-order valence-corrected chi connectivity index (χ1v) is 7.18. The Balaban J connectivity index is 1.94. The minimum Gasteiger partial charge on any atom is -0.390 e. The third-order valence-electron chi connectivity index (χ3n) is 4.07. The van der Waals surface area contributed by atoms with Crippen molar-refractivity contribution in [1.82, 2.24) is 14.8 Å². The summed E-state index contributed by atoms with van der Waals surface area (Å²) in [5, 5.41) is 15.4. The highest BCUT2D eigenvalue weighted by Crippen LogP contribution is 2.45. The van der Waals surface area contributed by atoms with E-state index < -0.39 is 5.60 Å². The lowest BCUT2D eigenvalue weighted by Crippen LogP contribution is -2.41. The largest absolute Gasteiger partial charge is 0.390 e. The Morgan fingerprint density at radius 2 is 2.16 bits per heavy atom. The fraction of sp³-hybridized carbons (Fsp3) is 0.538. The van der Waals surface area contributed by atoms with E-state index in [1.54, 1.807) is 6.20 Å². The van der Waals surface area contributed by atoms with Gasteiger partial charge in [-0.1, -0.05) is 0 Å². The molecule has 0 aromatic carbocycles. The van der Waals surface area contributed by atoms with Crippen LogP contribution in [0, 0.1) is 5.92 Å². The van der Waals surface area contributed by atoms with E-state index in [0.717, 1.165) is 28.3 Å². The smallest absolute Gasteiger partial charge is 0.139 e. The average Bonchev–Trinajstić information content (AvgIpc) is 2.53. The van der Waals surface area contributed by atoms with E-state index in [-0.39, 0.29) is 0 Å². The molecule has 1 fully saturated rings. The topological polar surface area (TPSA) is 77.0 Å². The van der Waals surface area contributed by atoms with E-state index >= 15 is 0 Å². The summed E-state index contributed by atoms with van der Waals surface area (Å²) in [5.41, 5.74) is 6.28. The summed E-state index contributed by atoms with van der Waals surface area (Å²) in [6, 6.07) is 2.26. The molecule has 2 aromatic heterocycles. The summed E-state index contributed by atoms with van der Waals surface area (Å²) in [5.74, 6) is 0.823. The lowest BCUT2D eigenvalue weighted by atomic mass is 9.71. The number of aliphatic hydroxyl groups is 1. The van der Waals surface area contributed by atoms with E-state index in [2.05, 4.69) is 26.0 Å². The van der Waals surface area contributed by atoms with E-state index in [1.807, 2.05) is 24.6 Å². The first kappa shape index (κ1) is 12.9. The SMILES string of the molecule is CC(C)(O)C1CC(n2nc(Br)c3c(N)nccc32)C1. The molecular formula is C13H17BrN4O. The molecule has 0 amide bonds. The molecule has 1 saturated carbocycles. The Kier molecular flexibility index (Phi) is 2.83. The van der Waals surface area contributed by atoms with Crippen LogP contribution in [-0.4, -0.2) is 25.5 Å². The van der Waals surface area contributed by atoms with Gasteiger partial charge in [0.05, 0.1) is 22.5 Å². The van der Waals surface area contributed by atoms with Gasteiger partial charge < -0.3 is 10.8 Å². The quantitative estimate of drug-likeness (QED) is 0.889. The zero-order valence-electron chi connectivity index (χ0n) is 11.0. The van der Waals surface area contributed by atoms with Gasteiger partial charge >= 0.3 is 0 Å². The maximum atomic E-state index is 10.00. The predicted octanol–water partition coefficient (Wildman–Crippen LogP) is 2.50. The van der Waals surface area contributed by atoms with Crippen LogP contribution in [0.3, 0.4) is 0 Å². The molecule has 0 aliphatic heterocycles. The van der Waals surface area contributed by atoms with E-state index in [9.17, 15) is 5.11 Å². The van der Waals surface area contributed by atoms with E-state index in [0.29, 0.717) is 17.8 Å². The van der Waals surface area contributed by atoms with Crippen LogP contribution < -0.4 is 5.73 Å². The summed E-state index contributed by atoms with van der Waals surface area (Å²) in [6.07, 6.45) is 3.58. The number of pyridine rings is 1. The summed E-state index contributed by atoms with van der Waals surface area (Å²) < 4.78 is 2.74. The second-order valence-electron chi connectivity index (χ2n) is 5.80. The van der Waals surface area contributed by atoms with Gasteiger partial charge in [0.1, 0.15) is 10.4 Å². The highest BCUT2D eigenvalue weighted by molar-refractivity contribution is 9.10. The molecule has 0 bridgehead atoms. The van der Waals surface area contributed by atoms with Crippen LogP contribution in [0.25, 0.3) is 10.9 Å². The Morgan fingerprint density at radius 3 is 2.79 bits per heavy atom. The van der Waals surface area contributed by atoms with Crippen LogP contribution in [0.5, 0.6) is 0 Å². The van der Waals surface area contributed by atoms with Crippen LogP contribution in [0.15, 0.2) is 16.9 Å². The number of aromatic nitrogens is 3. The molecule has 6 heteroatoms. The van der Waals surface area contributed by atoms with Crippen molar-refractivity contribution in [3.63, 3.8) is 0 Å². The van der Waals surface area contributed by atoms with Crippen LogP contribution in [0.4, 0.5) is 5.82 Å². The Morgan fingerprint density at radius 1 is 1.47 bits per heavy atom. The number of nitrogens with two attached hydrogens (primary N) is 1. The van der Waals surface area contributed by atoms with Crippen LogP contribution in [0.2, 0.25) is 0 Å². The van der Waals surface area contributed by atoms with Crippen molar-refractivity contribution in [2.45, 2.75) is 38.3 Å². The Hall–Kier alpha value is -1.14. The molecule has 3 N–H and O–H groups in total. The lowest BCUT2D eigenvalue weighted by molar-refractivity contribution is -0.0406. The molecule has 3 rings (SSSR count). The molecule has 0 atom stereocenters. The van der Waals surface area contributed by atoms with E-state index in [4.69, 9.17) is 5.73 Å². The number of anilines is 1. The molecule has 0 radical (unpaired) electrons. The monoisotopic (exact) mass is 324 g/mol. The van der Waals surface area contributed by atoms with Gasteiger partial charge in [0.15, 0.2) is 0 Å². The molecule has 2 heterocycles. The number of fused-ring (bicyclic) bond motifs is 1. The van der Waals surface area contributed by atoms with Gasteiger partial charge in [-0.15, -0.1) is 0 Å². The number of nitrogens with zero attached hydrogens (tertiary/aromatic N) is 3. The zero-order chi connectivity index (χ0) is 13.8. The van der Waals surface area contributed by atoms with Crippen molar-refractivity contribution >= 4 is 32.7 Å². The maximum absolute atomic E-state index is 10.00. The Labute approximate surface area is 119 Å². The Bertz CT molecular complexity index is 625. The summed E-state index contributed by atoms with van der Waals surface area (Å²) in [6.45, 7) is 3.74. The molecular weight excluding hydrogens is 308 g/mol. The highest BCUT2D eigenvalue weighted by Gasteiger charge is 2.40. The van der Waals surface area contributed by atoms with Crippen molar-refractivity contribution in [3.05, 3.63) is 16.9 Å². The number of nitrogen functional groups attached to an aromatic ring is 1. The van der Waals surface area contributed by atoms with Crippen molar-refractivity contribution in [1.29, 1.82) is 0 Å². The molecule has 1 aliphatic rings. The maximum Gasteiger partial charge on any atom is 0.139 e. The fourth-order valence-corrected chi connectivity index (χ4v) is 3.29. The highest BCUT2D eigenvalue weighted by atomic mass is 79.9. The lowest BCUT2D eigenvalue weighted by Gasteiger charge is -2.42. The molecule has 19 heavy (non-hydrogen) atoms. The zero-order valence-corrected chi connectivity index (χ0v) is 12.6.